The lowest BCUT2D eigenvalue weighted by Crippen LogP contribution is -2.52. The van der Waals surface area contributed by atoms with Crippen LogP contribution in [-0.2, 0) is 29.1 Å². The molecule has 10 heteroatoms. The Morgan fingerprint density at radius 1 is 1.48 bits per heavy atom. The monoisotopic (exact) mass is 352 g/mol. The molecule has 2 unspecified atom stereocenters. The van der Waals surface area contributed by atoms with Crippen molar-refractivity contribution in [3.63, 3.8) is 0 Å². The summed E-state index contributed by atoms with van der Waals surface area (Å²) in [6.07, 6.45) is 0.388. The molecule has 1 N–H and O–H groups in total. The standard InChI is InChI=1S/C13H24N2O7S/c1-10(9-21-2)13(18)14-4-5-22-11(6-14)7-15(8-12(16)17)23(3,19)20/h10-11H,4-9H2,1-3H3,(H,16,17). The molecule has 1 fully saturated rings. The number of ether oxygens (including phenoxy) is 2. The first kappa shape index (κ1) is 19.8. The smallest absolute Gasteiger partial charge is 0.318 e. The van der Waals surface area contributed by atoms with Gasteiger partial charge in [0.2, 0.25) is 15.9 Å². The van der Waals surface area contributed by atoms with Gasteiger partial charge in [-0.05, 0) is 0 Å². The topological polar surface area (TPSA) is 113 Å². The molecule has 2 atom stereocenters. The van der Waals surface area contributed by atoms with Crippen LogP contribution in [0.4, 0.5) is 0 Å². The number of nitrogens with zero attached hydrogens (tertiary/aromatic N) is 2. The van der Waals surface area contributed by atoms with E-state index in [1.54, 1.807) is 11.8 Å². The molecule has 134 valence electrons. The van der Waals surface area contributed by atoms with Crippen molar-refractivity contribution in [1.82, 2.24) is 9.21 Å². The Morgan fingerprint density at radius 3 is 2.65 bits per heavy atom. The number of amides is 1. The van der Waals surface area contributed by atoms with E-state index in [1.807, 2.05) is 0 Å². The summed E-state index contributed by atoms with van der Waals surface area (Å²) in [6.45, 7) is 2.24. The molecule has 0 aromatic rings. The van der Waals surface area contributed by atoms with Crippen LogP contribution in [0.25, 0.3) is 0 Å². The summed E-state index contributed by atoms with van der Waals surface area (Å²) in [5.41, 5.74) is 0. The normalized spacial score (nSPS) is 20.5. The Bertz CT molecular complexity index is 522. The van der Waals surface area contributed by atoms with Gasteiger partial charge in [-0.15, -0.1) is 0 Å². The average Bonchev–Trinajstić information content (AvgIpc) is 2.45. The van der Waals surface area contributed by atoms with Crippen molar-refractivity contribution in [3.05, 3.63) is 0 Å². The highest BCUT2D eigenvalue weighted by Gasteiger charge is 2.31. The highest BCUT2D eigenvalue weighted by molar-refractivity contribution is 7.88. The number of methoxy groups -OCH3 is 1. The molecular formula is C13H24N2O7S. The van der Waals surface area contributed by atoms with E-state index in [4.69, 9.17) is 14.6 Å². The molecule has 1 rings (SSSR count). The first-order valence-corrected chi connectivity index (χ1v) is 9.06. The summed E-state index contributed by atoms with van der Waals surface area (Å²) in [6, 6.07) is 0. The summed E-state index contributed by atoms with van der Waals surface area (Å²) < 4.78 is 34.6. The zero-order valence-electron chi connectivity index (χ0n) is 13.6. The fraction of sp³-hybridized carbons (Fsp3) is 0.846. The lowest BCUT2D eigenvalue weighted by atomic mass is 10.1. The van der Waals surface area contributed by atoms with E-state index >= 15 is 0 Å². The van der Waals surface area contributed by atoms with Crippen molar-refractivity contribution >= 4 is 21.9 Å². The molecule has 0 aromatic carbocycles. The Balaban J connectivity index is 2.70. The van der Waals surface area contributed by atoms with E-state index in [1.165, 1.54) is 7.11 Å². The fourth-order valence-corrected chi connectivity index (χ4v) is 3.14. The van der Waals surface area contributed by atoms with Gasteiger partial charge in [0.15, 0.2) is 0 Å². The molecule has 0 spiro atoms. The van der Waals surface area contributed by atoms with Crippen LogP contribution in [0.1, 0.15) is 6.92 Å². The third kappa shape index (κ3) is 6.42. The van der Waals surface area contributed by atoms with Crippen LogP contribution < -0.4 is 0 Å². The Kier molecular flexibility index (Phi) is 7.39. The lowest BCUT2D eigenvalue weighted by molar-refractivity contribution is -0.145. The van der Waals surface area contributed by atoms with Gasteiger partial charge in [-0.2, -0.15) is 4.31 Å². The van der Waals surface area contributed by atoms with Crippen LogP contribution >= 0.6 is 0 Å². The van der Waals surface area contributed by atoms with Gasteiger partial charge in [-0.3, -0.25) is 9.59 Å². The molecule has 0 aliphatic carbocycles. The summed E-state index contributed by atoms with van der Waals surface area (Å²) in [5.74, 6) is -1.64. The molecule has 23 heavy (non-hydrogen) atoms. The van der Waals surface area contributed by atoms with E-state index in [-0.39, 0.29) is 31.5 Å². The van der Waals surface area contributed by atoms with Crippen LogP contribution in [0, 0.1) is 5.92 Å². The second-order valence-corrected chi connectivity index (χ2v) is 7.57. The van der Waals surface area contributed by atoms with Crippen LogP contribution in [0.3, 0.4) is 0 Å². The lowest BCUT2D eigenvalue weighted by Gasteiger charge is -2.36. The number of sulfonamides is 1. The number of hydrogen-bond acceptors (Lipinski definition) is 6. The highest BCUT2D eigenvalue weighted by atomic mass is 32.2. The fourth-order valence-electron chi connectivity index (χ4n) is 2.36. The third-order valence-electron chi connectivity index (χ3n) is 3.48. The third-order valence-corrected chi connectivity index (χ3v) is 4.69. The van der Waals surface area contributed by atoms with Crippen LogP contribution in [0.5, 0.6) is 0 Å². The molecule has 0 radical (unpaired) electrons. The highest BCUT2D eigenvalue weighted by Crippen LogP contribution is 2.12. The Hall–Kier alpha value is -1.23. The number of aliphatic carboxylic acids is 1. The maximum atomic E-state index is 12.3. The first-order chi connectivity index (χ1) is 10.6. The van der Waals surface area contributed by atoms with Crippen LogP contribution in [0.15, 0.2) is 0 Å². The summed E-state index contributed by atoms with van der Waals surface area (Å²) >= 11 is 0. The molecule has 1 saturated heterocycles. The van der Waals surface area contributed by atoms with Crippen LogP contribution in [-0.4, -0.2) is 93.5 Å². The van der Waals surface area contributed by atoms with Gasteiger partial charge in [0.05, 0.1) is 31.5 Å². The molecule has 1 aliphatic heterocycles. The number of rotatable bonds is 8. The molecule has 0 saturated carbocycles. The number of carbonyl (C=O) groups excluding carboxylic acids is 1. The summed E-state index contributed by atoms with van der Waals surface area (Å²) in [5, 5.41) is 8.82. The average molecular weight is 352 g/mol. The molecular weight excluding hydrogens is 328 g/mol. The van der Waals surface area contributed by atoms with Gasteiger partial charge in [0, 0.05) is 26.7 Å². The molecule has 1 heterocycles. The number of carboxylic acid groups (broad SMARTS) is 1. The molecule has 9 nitrogen and oxygen atoms in total. The summed E-state index contributed by atoms with van der Waals surface area (Å²) in [7, 11) is -2.16. The number of hydrogen-bond donors (Lipinski definition) is 1. The minimum Gasteiger partial charge on any atom is -0.480 e. The molecule has 0 bridgehead atoms. The van der Waals surface area contributed by atoms with Crippen molar-refractivity contribution in [3.8, 4) is 0 Å². The zero-order valence-corrected chi connectivity index (χ0v) is 14.4. The number of morpholine rings is 1. The quantitative estimate of drug-likeness (QED) is 0.586. The minimum absolute atomic E-state index is 0.0932. The zero-order chi connectivity index (χ0) is 17.6. The number of carboxylic acids is 1. The molecule has 1 aliphatic rings. The van der Waals surface area contributed by atoms with Crippen molar-refractivity contribution < 1.29 is 32.6 Å². The van der Waals surface area contributed by atoms with Gasteiger partial charge in [-0.1, -0.05) is 6.92 Å². The van der Waals surface area contributed by atoms with Gasteiger partial charge < -0.3 is 19.5 Å². The van der Waals surface area contributed by atoms with Gasteiger partial charge in [0.25, 0.3) is 0 Å². The largest absolute Gasteiger partial charge is 0.480 e. The van der Waals surface area contributed by atoms with E-state index < -0.39 is 28.6 Å². The molecule has 1 amide bonds. The predicted octanol–water partition coefficient (Wildman–Crippen LogP) is -1.16. The van der Waals surface area contributed by atoms with Crippen molar-refractivity contribution in [2.24, 2.45) is 5.92 Å². The van der Waals surface area contributed by atoms with Crippen LogP contribution in [0.2, 0.25) is 0 Å². The Morgan fingerprint density at radius 2 is 2.13 bits per heavy atom. The van der Waals surface area contributed by atoms with Gasteiger partial charge >= 0.3 is 5.97 Å². The Labute approximate surface area is 136 Å². The second-order valence-electron chi connectivity index (χ2n) is 5.58. The number of carbonyl (C=O) groups is 2. The molecule has 0 aromatic heterocycles. The minimum atomic E-state index is -3.67. The predicted molar refractivity (Wildman–Crippen MR) is 81.4 cm³/mol. The van der Waals surface area contributed by atoms with Gasteiger partial charge in [0.1, 0.15) is 6.54 Å². The SMILES string of the molecule is COCC(C)C(=O)N1CCOC(CN(CC(=O)O)S(C)(=O)=O)C1. The first-order valence-electron chi connectivity index (χ1n) is 7.21. The van der Waals surface area contributed by atoms with Crippen molar-refractivity contribution in [2.45, 2.75) is 13.0 Å². The maximum absolute atomic E-state index is 12.3. The van der Waals surface area contributed by atoms with Crippen molar-refractivity contribution in [2.75, 3.05) is 52.8 Å². The van der Waals surface area contributed by atoms with E-state index in [0.29, 0.717) is 13.2 Å². The van der Waals surface area contributed by atoms with Crippen molar-refractivity contribution in [1.29, 1.82) is 0 Å². The summed E-state index contributed by atoms with van der Waals surface area (Å²) in [4.78, 5) is 24.7. The maximum Gasteiger partial charge on any atom is 0.318 e. The van der Waals surface area contributed by atoms with Gasteiger partial charge in [-0.25, -0.2) is 8.42 Å². The van der Waals surface area contributed by atoms with E-state index in [0.717, 1.165) is 10.6 Å². The van der Waals surface area contributed by atoms with E-state index in [9.17, 15) is 18.0 Å². The second kappa shape index (κ2) is 8.57. The van der Waals surface area contributed by atoms with E-state index in [2.05, 4.69) is 0 Å².